The van der Waals surface area contributed by atoms with Gasteiger partial charge in [-0.3, -0.25) is 14.4 Å². The monoisotopic (exact) mass is 441 g/mol. The maximum absolute atomic E-state index is 13.5. The van der Waals surface area contributed by atoms with E-state index in [1.807, 2.05) is 31.2 Å². The van der Waals surface area contributed by atoms with E-state index >= 15 is 0 Å². The minimum absolute atomic E-state index is 0.194. The second-order valence-electron chi connectivity index (χ2n) is 7.64. The number of hydrogen-bond donors (Lipinski definition) is 2. The Balaban J connectivity index is 1.73. The first-order valence-electron chi connectivity index (χ1n) is 10.4. The molecule has 3 aromatic carbocycles. The van der Waals surface area contributed by atoms with Gasteiger partial charge in [-0.2, -0.15) is 0 Å². The lowest BCUT2D eigenvalue weighted by molar-refractivity contribution is -0.120. The van der Waals surface area contributed by atoms with Gasteiger partial charge in [-0.05, 0) is 61.0 Å². The number of rotatable bonds is 6. The molecule has 0 saturated heterocycles. The summed E-state index contributed by atoms with van der Waals surface area (Å²) in [6.45, 7) is 3.37. The van der Waals surface area contributed by atoms with Gasteiger partial charge in [-0.25, -0.2) is 4.90 Å². The van der Waals surface area contributed by atoms with Crippen molar-refractivity contribution in [1.29, 1.82) is 0 Å². The number of carbonyl (C=O) groups excluding carboxylic acids is 3. The molecule has 2 N–H and O–H groups in total. The molecule has 0 fully saturated rings. The van der Waals surface area contributed by atoms with Crippen LogP contribution in [-0.2, 0) is 14.4 Å². The number of nitrogens with one attached hydrogen (secondary N) is 2. The van der Waals surface area contributed by atoms with Crippen LogP contribution in [0.25, 0.3) is 5.57 Å². The van der Waals surface area contributed by atoms with E-state index < -0.39 is 11.8 Å². The van der Waals surface area contributed by atoms with Crippen LogP contribution in [0.5, 0.6) is 5.75 Å². The van der Waals surface area contributed by atoms with Gasteiger partial charge in [0, 0.05) is 18.3 Å². The summed E-state index contributed by atoms with van der Waals surface area (Å²) in [4.78, 5) is 39.4. The standard InChI is InChI=1S/C26H23N3O4/c1-16-4-6-18(7-5-16)23-24(28-20-10-14-22(33-3)15-11-20)26(32)29(25(23)31)21-12-8-19(9-13-21)27-17(2)30/h4-15,28H,1-3H3,(H,27,30). The molecule has 0 atom stereocenters. The highest BCUT2D eigenvalue weighted by molar-refractivity contribution is 6.46. The van der Waals surface area contributed by atoms with Crippen molar-refractivity contribution < 1.29 is 19.1 Å². The van der Waals surface area contributed by atoms with Gasteiger partial charge in [0.05, 0.1) is 18.4 Å². The second-order valence-corrected chi connectivity index (χ2v) is 7.64. The van der Waals surface area contributed by atoms with Crippen LogP contribution >= 0.6 is 0 Å². The molecule has 0 aromatic heterocycles. The molecule has 4 rings (SSSR count). The number of hydrogen-bond acceptors (Lipinski definition) is 5. The smallest absolute Gasteiger partial charge is 0.282 e. The van der Waals surface area contributed by atoms with E-state index in [2.05, 4.69) is 10.6 Å². The Labute approximate surface area is 191 Å². The molecule has 3 amide bonds. The van der Waals surface area contributed by atoms with Crippen LogP contribution in [0.4, 0.5) is 17.1 Å². The molecule has 7 nitrogen and oxygen atoms in total. The lowest BCUT2D eigenvalue weighted by Gasteiger charge is -2.16. The molecule has 0 aliphatic carbocycles. The third kappa shape index (κ3) is 4.48. The van der Waals surface area contributed by atoms with Crippen LogP contribution in [0, 0.1) is 6.92 Å². The number of benzene rings is 3. The number of nitrogens with zero attached hydrogens (tertiary/aromatic N) is 1. The summed E-state index contributed by atoms with van der Waals surface area (Å²) in [5, 5.41) is 5.80. The summed E-state index contributed by atoms with van der Waals surface area (Å²) < 4.78 is 5.19. The zero-order chi connectivity index (χ0) is 23.5. The Morgan fingerprint density at radius 1 is 0.818 bits per heavy atom. The number of anilines is 3. The molecule has 0 saturated carbocycles. The Kier molecular flexibility index (Phi) is 5.95. The molecule has 1 aliphatic heterocycles. The molecule has 1 heterocycles. The first kappa shape index (κ1) is 21.8. The molecule has 0 spiro atoms. The number of amides is 3. The number of ether oxygens (including phenoxy) is 1. The fourth-order valence-corrected chi connectivity index (χ4v) is 3.58. The van der Waals surface area contributed by atoms with Crippen molar-refractivity contribution in [3.63, 3.8) is 0 Å². The molecule has 166 valence electrons. The van der Waals surface area contributed by atoms with Gasteiger partial charge in [0.2, 0.25) is 5.91 Å². The highest BCUT2D eigenvalue weighted by Gasteiger charge is 2.40. The van der Waals surface area contributed by atoms with E-state index in [0.717, 1.165) is 10.5 Å². The average Bonchev–Trinajstić information content (AvgIpc) is 3.04. The minimum Gasteiger partial charge on any atom is -0.497 e. The largest absolute Gasteiger partial charge is 0.497 e. The number of methoxy groups -OCH3 is 1. The van der Waals surface area contributed by atoms with Crippen LogP contribution in [0.15, 0.2) is 78.5 Å². The maximum Gasteiger partial charge on any atom is 0.282 e. The van der Waals surface area contributed by atoms with Gasteiger partial charge in [-0.1, -0.05) is 29.8 Å². The SMILES string of the molecule is COc1ccc(NC2=C(c3ccc(C)cc3)C(=O)N(c3ccc(NC(C)=O)cc3)C2=O)cc1. The third-order valence-corrected chi connectivity index (χ3v) is 5.23. The molecule has 0 unspecified atom stereocenters. The first-order chi connectivity index (χ1) is 15.9. The molecular formula is C26H23N3O4. The molecule has 33 heavy (non-hydrogen) atoms. The van der Waals surface area contributed by atoms with Crippen molar-refractivity contribution in [3.05, 3.63) is 89.6 Å². The van der Waals surface area contributed by atoms with Crippen molar-refractivity contribution in [2.24, 2.45) is 0 Å². The summed E-state index contributed by atoms with van der Waals surface area (Å²) in [5.41, 5.74) is 3.82. The first-order valence-corrected chi connectivity index (χ1v) is 10.4. The van der Waals surface area contributed by atoms with Crippen molar-refractivity contribution in [3.8, 4) is 5.75 Å². The van der Waals surface area contributed by atoms with Gasteiger partial charge in [0.15, 0.2) is 0 Å². The Morgan fingerprint density at radius 3 is 2.00 bits per heavy atom. The average molecular weight is 441 g/mol. The van der Waals surface area contributed by atoms with E-state index in [-0.39, 0.29) is 11.6 Å². The van der Waals surface area contributed by atoms with Crippen LogP contribution in [-0.4, -0.2) is 24.8 Å². The van der Waals surface area contributed by atoms with E-state index in [0.29, 0.717) is 33.9 Å². The maximum atomic E-state index is 13.5. The minimum atomic E-state index is -0.460. The summed E-state index contributed by atoms with van der Waals surface area (Å²) in [6, 6.07) is 21.1. The zero-order valence-electron chi connectivity index (χ0n) is 18.5. The molecule has 1 aliphatic rings. The third-order valence-electron chi connectivity index (χ3n) is 5.23. The van der Waals surface area contributed by atoms with Crippen molar-refractivity contribution in [2.75, 3.05) is 22.6 Å². The van der Waals surface area contributed by atoms with Gasteiger partial charge in [0.25, 0.3) is 11.8 Å². The zero-order valence-corrected chi connectivity index (χ0v) is 18.5. The lowest BCUT2D eigenvalue weighted by Crippen LogP contribution is -2.32. The fraction of sp³-hybridized carbons (Fsp3) is 0.115. The topological polar surface area (TPSA) is 87.7 Å². The van der Waals surface area contributed by atoms with E-state index in [1.165, 1.54) is 6.92 Å². The fourth-order valence-electron chi connectivity index (χ4n) is 3.58. The lowest BCUT2D eigenvalue weighted by atomic mass is 10.0. The molecular weight excluding hydrogens is 418 g/mol. The number of imide groups is 1. The summed E-state index contributed by atoms with van der Waals surface area (Å²) in [6.07, 6.45) is 0. The number of carbonyl (C=O) groups is 3. The summed E-state index contributed by atoms with van der Waals surface area (Å²) >= 11 is 0. The van der Waals surface area contributed by atoms with E-state index in [9.17, 15) is 14.4 Å². The van der Waals surface area contributed by atoms with Gasteiger partial charge < -0.3 is 15.4 Å². The summed E-state index contributed by atoms with van der Waals surface area (Å²) in [7, 11) is 1.58. The Bertz CT molecular complexity index is 1240. The van der Waals surface area contributed by atoms with Crippen LogP contribution in [0.3, 0.4) is 0 Å². The van der Waals surface area contributed by atoms with Gasteiger partial charge >= 0.3 is 0 Å². The van der Waals surface area contributed by atoms with E-state index in [1.54, 1.807) is 55.6 Å². The molecule has 7 heteroatoms. The molecule has 0 bridgehead atoms. The highest BCUT2D eigenvalue weighted by atomic mass is 16.5. The predicted octanol–water partition coefficient (Wildman–Crippen LogP) is 4.36. The normalized spacial score (nSPS) is 13.4. The molecule has 3 aromatic rings. The quantitative estimate of drug-likeness (QED) is 0.555. The van der Waals surface area contributed by atoms with Crippen LogP contribution in [0.2, 0.25) is 0 Å². The summed E-state index contributed by atoms with van der Waals surface area (Å²) in [5.74, 6) is -0.404. The predicted molar refractivity (Wildman–Crippen MR) is 128 cm³/mol. The Morgan fingerprint density at radius 2 is 1.42 bits per heavy atom. The molecule has 0 radical (unpaired) electrons. The second kappa shape index (κ2) is 9.00. The van der Waals surface area contributed by atoms with Crippen LogP contribution < -0.4 is 20.3 Å². The number of aryl methyl sites for hydroxylation is 1. The highest BCUT2D eigenvalue weighted by Crippen LogP contribution is 2.34. The van der Waals surface area contributed by atoms with Crippen molar-refractivity contribution in [2.45, 2.75) is 13.8 Å². The van der Waals surface area contributed by atoms with Gasteiger partial charge in [0.1, 0.15) is 11.4 Å². The van der Waals surface area contributed by atoms with Crippen molar-refractivity contribution in [1.82, 2.24) is 0 Å². The van der Waals surface area contributed by atoms with Gasteiger partial charge in [-0.15, -0.1) is 0 Å². The Hall–Kier alpha value is -4.39. The van der Waals surface area contributed by atoms with E-state index in [4.69, 9.17) is 4.74 Å². The van der Waals surface area contributed by atoms with Crippen molar-refractivity contribution >= 4 is 40.4 Å². The van der Waals surface area contributed by atoms with Crippen LogP contribution in [0.1, 0.15) is 18.1 Å².